The van der Waals surface area contributed by atoms with E-state index in [2.05, 4.69) is 10.6 Å². The third kappa shape index (κ3) is 4.82. The van der Waals surface area contributed by atoms with Gasteiger partial charge in [-0.3, -0.25) is 0 Å². The monoisotopic (exact) mass is 258 g/mol. The summed E-state index contributed by atoms with van der Waals surface area (Å²) in [4.78, 5) is 11.5. The zero-order valence-corrected chi connectivity index (χ0v) is 11.5. The predicted molar refractivity (Wildman–Crippen MR) is 70.5 cm³/mol. The van der Waals surface area contributed by atoms with Crippen molar-refractivity contribution in [3.63, 3.8) is 0 Å². The van der Waals surface area contributed by atoms with E-state index < -0.39 is 0 Å². The number of aliphatic hydroxyl groups excluding tert-OH is 1. The predicted octanol–water partition coefficient (Wildman–Crippen LogP) is 1.26. The molecule has 106 valence electrons. The van der Waals surface area contributed by atoms with Gasteiger partial charge in [0.1, 0.15) is 0 Å². The quantitative estimate of drug-likeness (QED) is 0.628. The number of hydrogen-bond acceptors (Lipinski definition) is 3. The Kier molecular flexibility index (Phi) is 6.43. The molecule has 1 saturated carbocycles. The zero-order valence-electron chi connectivity index (χ0n) is 11.5. The van der Waals surface area contributed by atoms with Crippen LogP contribution in [0.1, 0.15) is 39.5 Å². The van der Waals surface area contributed by atoms with Crippen LogP contribution in [0.5, 0.6) is 0 Å². The molecular formula is C13H26N2O3. The van der Waals surface area contributed by atoms with Crippen LogP contribution in [0.2, 0.25) is 0 Å². The maximum absolute atomic E-state index is 11.5. The van der Waals surface area contributed by atoms with Crippen molar-refractivity contribution in [3.8, 4) is 0 Å². The molecule has 0 aliphatic heterocycles. The molecule has 0 spiro atoms. The molecule has 2 amide bonds. The van der Waals surface area contributed by atoms with Gasteiger partial charge in [-0.15, -0.1) is 0 Å². The van der Waals surface area contributed by atoms with Crippen molar-refractivity contribution in [2.24, 2.45) is 5.41 Å². The standard InChI is InChI=1S/C13H26N2O3/c1-3-18-9-8-14-12(17)15-10-13(2)7-5-4-6-11(13)16/h11,16H,3-10H2,1-2H3,(H2,14,15,17). The van der Waals surface area contributed by atoms with Crippen molar-refractivity contribution in [1.29, 1.82) is 0 Å². The van der Waals surface area contributed by atoms with Crippen molar-refractivity contribution in [2.75, 3.05) is 26.3 Å². The number of urea groups is 1. The van der Waals surface area contributed by atoms with Crippen molar-refractivity contribution in [3.05, 3.63) is 0 Å². The molecule has 0 aromatic carbocycles. The van der Waals surface area contributed by atoms with Gasteiger partial charge < -0.3 is 20.5 Å². The van der Waals surface area contributed by atoms with Crippen LogP contribution in [0.4, 0.5) is 4.79 Å². The van der Waals surface area contributed by atoms with Gasteiger partial charge in [-0.25, -0.2) is 4.79 Å². The van der Waals surface area contributed by atoms with E-state index in [4.69, 9.17) is 4.74 Å². The SMILES string of the molecule is CCOCCNC(=O)NCC1(C)CCCCC1O. The molecule has 1 fully saturated rings. The molecule has 0 saturated heterocycles. The first-order valence-corrected chi connectivity index (χ1v) is 6.86. The van der Waals surface area contributed by atoms with Crippen LogP contribution in [-0.4, -0.2) is 43.5 Å². The van der Waals surface area contributed by atoms with Gasteiger partial charge in [-0.1, -0.05) is 19.8 Å². The Morgan fingerprint density at radius 3 is 2.89 bits per heavy atom. The second-order valence-corrected chi connectivity index (χ2v) is 5.22. The average molecular weight is 258 g/mol. The van der Waals surface area contributed by atoms with Crippen molar-refractivity contribution >= 4 is 6.03 Å². The summed E-state index contributed by atoms with van der Waals surface area (Å²) in [6.45, 7) is 6.19. The number of nitrogens with one attached hydrogen (secondary N) is 2. The third-order valence-corrected chi connectivity index (χ3v) is 3.67. The van der Waals surface area contributed by atoms with E-state index in [1.54, 1.807) is 0 Å². The minimum atomic E-state index is -0.310. The summed E-state index contributed by atoms with van der Waals surface area (Å²) < 4.78 is 5.13. The number of carbonyl (C=O) groups is 1. The second kappa shape index (κ2) is 7.59. The number of amides is 2. The summed E-state index contributed by atoms with van der Waals surface area (Å²) in [5.74, 6) is 0. The Morgan fingerprint density at radius 1 is 1.44 bits per heavy atom. The molecule has 0 heterocycles. The second-order valence-electron chi connectivity index (χ2n) is 5.22. The van der Waals surface area contributed by atoms with Crippen LogP contribution in [0.3, 0.4) is 0 Å². The Hall–Kier alpha value is -0.810. The molecule has 0 aromatic rings. The average Bonchev–Trinajstić information content (AvgIpc) is 2.36. The van der Waals surface area contributed by atoms with Crippen LogP contribution in [-0.2, 0) is 4.74 Å². The smallest absolute Gasteiger partial charge is 0.314 e. The molecular weight excluding hydrogens is 232 g/mol. The molecule has 5 heteroatoms. The molecule has 0 radical (unpaired) electrons. The first-order chi connectivity index (χ1) is 8.58. The van der Waals surface area contributed by atoms with Crippen LogP contribution in [0, 0.1) is 5.41 Å². The van der Waals surface area contributed by atoms with Gasteiger partial charge in [-0.05, 0) is 19.8 Å². The minimum Gasteiger partial charge on any atom is -0.392 e. The molecule has 5 nitrogen and oxygen atoms in total. The fourth-order valence-corrected chi connectivity index (χ4v) is 2.31. The van der Waals surface area contributed by atoms with Crippen molar-refractivity contribution in [2.45, 2.75) is 45.6 Å². The van der Waals surface area contributed by atoms with Gasteiger partial charge in [0.15, 0.2) is 0 Å². The molecule has 2 unspecified atom stereocenters. The molecule has 18 heavy (non-hydrogen) atoms. The van der Waals surface area contributed by atoms with E-state index >= 15 is 0 Å². The summed E-state index contributed by atoms with van der Waals surface area (Å²) in [5, 5.41) is 15.6. The van der Waals surface area contributed by atoms with Crippen molar-refractivity contribution < 1.29 is 14.6 Å². The highest BCUT2D eigenvalue weighted by atomic mass is 16.5. The third-order valence-electron chi connectivity index (χ3n) is 3.67. The summed E-state index contributed by atoms with van der Waals surface area (Å²) in [5.41, 5.74) is -0.185. The topological polar surface area (TPSA) is 70.6 Å². The minimum absolute atomic E-state index is 0.185. The Morgan fingerprint density at radius 2 is 2.22 bits per heavy atom. The number of aliphatic hydroxyl groups is 1. The Bertz CT molecular complexity index is 261. The van der Waals surface area contributed by atoms with E-state index in [1.165, 1.54) is 0 Å². The van der Waals surface area contributed by atoms with Gasteiger partial charge in [-0.2, -0.15) is 0 Å². The summed E-state index contributed by atoms with van der Waals surface area (Å²) >= 11 is 0. The normalized spacial score (nSPS) is 27.8. The van der Waals surface area contributed by atoms with Crippen molar-refractivity contribution in [1.82, 2.24) is 10.6 Å². The highest BCUT2D eigenvalue weighted by Gasteiger charge is 2.35. The fourth-order valence-electron chi connectivity index (χ4n) is 2.31. The summed E-state index contributed by atoms with van der Waals surface area (Å²) in [6, 6.07) is -0.186. The first kappa shape index (κ1) is 15.2. The van der Waals surface area contributed by atoms with E-state index in [-0.39, 0.29) is 17.6 Å². The largest absolute Gasteiger partial charge is 0.392 e. The van der Waals surface area contributed by atoms with Gasteiger partial charge in [0.2, 0.25) is 0 Å². The highest BCUT2D eigenvalue weighted by molar-refractivity contribution is 5.73. The lowest BCUT2D eigenvalue weighted by atomic mass is 9.73. The molecule has 1 aliphatic rings. The van der Waals surface area contributed by atoms with Crippen LogP contribution in [0.25, 0.3) is 0 Å². The number of ether oxygens (including phenoxy) is 1. The lowest BCUT2D eigenvalue weighted by Gasteiger charge is -2.38. The van der Waals surface area contributed by atoms with Gasteiger partial charge in [0.25, 0.3) is 0 Å². The number of hydrogen-bond donors (Lipinski definition) is 3. The maximum atomic E-state index is 11.5. The summed E-state index contributed by atoms with van der Waals surface area (Å²) in [6.07, 6.45) is 3.70. The maximum Gasteiger partial charge on any atom is 0.314 e. The molecule has 0 aromatic heterocycles. The molecule has 3 N–H and O–H groups in total. The van der Waals surface area contributed by atoms with E-state index in [0.29, 0.717) is 26.3 Å². The van der Waals surface area contributed by atoms with Crippen LogP contribution < -0.4 is 10.6 Å². The molecule has 1 rings (SSSR count). The van der Waals surface area contributed by atoms with Gasteiger partial charge in [0.05, 0.1) is 12.7 Å². The highest BCUT2D eigenvalue weighted by Crippen LogP contribution is 2.35. The van der Waals surface area contributed by atoms with E-state index in [0.717, 1.165) is 25.7 Å². The zero-order chi connectivity index (χ0) is 13.4. The molecule has 0 bridgehead atoms. The number of rotatable bonds is 6. The van der Waals surface area contributed by atoms with Crippen LogP contribution in [0.15, 0.2) is 0 Å². The van der Waals surface area contributed by atoms with Gasteiger partial charge in [0, 0.05) is 25.1 Å². The number of carbonyl (C=O) groups excluding carboxylic acids is 1. The first-order valence-electron chi connectivity index (χ1n) is 6.86. The van der Waals surface area contributed by atoms with Gasteiger partial charge >= 0.3 is 6.03 Å². The van der Waals surface area contributed by atoms with Crippen LogP contribution >= 0.6 is 0 Å². The van der Waals surface area contributed by atoms with E-state index in [1.807, 2.05) is 13.8 Å². The Labute approximate surface area is 109 Å². The molecule has 2 atom stereocenters. The lowest BCUT2D eigenvalue weighted by Crippen LogP contribution is -2.48. The summed E-state index contributed by atoms with van der Waals surface area (Å²) in [7, 11) is 0. The molecule has 1 aliphatic carbocycles. The lowest BCUT2D eigenvalue weighted by molar-refractivity contribution is 0.00306. The Balaban J connectivity index is 2.20. The fraction of sp³-hybridized carbons (Fsp3) is 0.923. The van der Waals surface area contributed by atoms with E-state index in [9.17, 15) is 9.90 Å².